The number of hydrogen-bond donors (Lipinski definition) is 2. The first-order valence-electron chi connectivity index (χ1n) is 9.29. The summed E-state index contributed by atoms with van der Waals surface area (Å²) >= 11 is 0. The fourth-order valence-electron chi connectivity index (χ4n) is 3.61. The number of benzene rings is 1. The average Bonchev–Trinajstić information content (AvgIpc) is 2.70. The van der Waals surface area contributed by atoms with E-state index in [4.69, 9.17) is 9.47 Å². The lowest BCUT2D eigenvalue weighted by molar-refractivity contribution is -0.121. The average molecular weight is 400 g/mol. The first-order valence-corrected chi connectivity index (χ1v) is 10.7. The highest BCUT2D eigenvalue weighted by molar-refractivity contribution is 7.87. The molecule has 2 atom stereocenters. The number of nitrogens with one attached hydrogen (secondary N) is 1. The van der Waals surface area contributed by atoms with E-state index in [1.807, 2.05) is 37.3 Å². The Morgan fingerprint density at radius 2 is 1.93 bits per heavy atom. The summed E-state index contributed by atoms with van der Waals surface area (Å²) in [7, 11) is -3.63. The predicted octanol–water partition coefficient (Wildman–Crippen LogP) is -0.195. The van der Waals surface area contributed by atoms with Gasteiger partial charge in [0.2, 0.25) is 0 Å². The van der Waals surface area contributed by atoms with Crippen molar-refractivity contribution in [2.24, 2.45) is 0 Å². The quantitative estimate of drug-likeness (QED) is 0.660. The largest absolute Gasteiger partial charge is 0.394 e. The molecule has 8 nitrogen and oxygen atoms in total. The van der Waals surface area contributed by atoms with Crippen LogP contribution in [0.1, 0.15) is 12.5 Å². The van der Waals surface area contributed by atoms with Gasteiger partial charge in [-0.1, -0.05) is 30.3 Å². The smallest absolute Gasteiger partial charge is 0.279 e. The zero-order valence-electron chi connectivity index (χ0n) is 15.7. The second-order valence-corrected chi connectivity index (χ2v) is 8.95. The standard InChI is InChI=1S/C18H29N3O5S/c1-16-12-26-15-18(14-22,21(16)11-17-5-3-2-4-6-17)13-19-27(23,24)20-7-9-25-10-8-20/h2-6,16,19,22H,7-15H2,1H3/t16-,18+/m1/s1. The van der Waals surface area contributed by atoms with Gasteiger partial charge < -0.3 is 14.6 Å². The second kappa shape index (κ2) is 8.95. The molecule has 0 aliphatic carbocycles. The summed E-state index contributed by atoms with van der Waals surface area (Å²) in [6.07, 6.45) is 0. The van der Waals surface area contributed by atoms with Gasteiger partial charge in [-0.25, -0.2) is 4.72 Å². The Morgan fingerprint density at radius 3 is 2.59 bits per heavy atom. The summed E-state index contributed by atoms with van der Waals surface area (Å²) in [4.78, 5) is 2.15. The van der Waals surface area contributed by atoms with Gasteiger partial charge >= 0.3 is 0 Å². The summed E-state index contributed by atoms with van der Waals surface area (Å²) in [6.45, 7) is 4.81. The van der Waals surface area contributed by atoms with Crippen LogP contribution in [0, 0.1) is 0 Å². The molecule has 2 aliphatic heterocycles. The summed E-state index contributed by atoms with van der Waals surface area (Å²) in [5.41, 5.74) is 0.299. The molecule has 2 fully saturated rings. The van der Waals surface area contributed by atoms with Gasteiger partial charge in [0.1, 0.15) is 0 Å². The molecule has 0 unspecified atom stereocenters. The van der Waals surface area contributed by atoms with Gasteiger partial charge in [0.15, 0.2) is 0 Å². The van der Waals surface area contributed by atoms with Gasteiger partial charge in [0.05, 0.1) is 38.6 Å². The van der Waals surface area contributed by atoms with Crippen molar-refractivity contribution in [2.75, 3.05) is 52.7 Å². The molecule has 2 aliphatic rings. The van der Waals surface area contributed by atoms with E-state index in [1.165, 1.54) is 4.31 Å². The van der Waals surface area contributed by atoms with E-state index in [1.54, 1.807) is 0 Å². The van der Waals surface area contributed by atoms with Crippen molar-refractivity contribution in [3.8, 4) is 0 Å². The van der Waals surface area contributed by atoms with E-state index in [0.717, 1.165) is 5.56 Å². The number of ether oxygens (including phenoxy) is 2. The molecule has 3 rings (SSSR count). The van der Waals surface area contributed by atoms with Crippen LogP contribution in [0.25, 0.3) is 0 Å². The molecule has 2 saturated heterocycles. The van der Waals surface area contributed by atoms with Crippen LogP contribution in [0.4, 0.5) is 0 Å². The Balaban J connectivity index is 1.75. The van der Waals surface area contributed by atoms with Crippen molar-refractivity contribution in [3.05, 3.63) is 35.9 Å². The summed E-state index contributed by atoms with van der Waals surface area (Å²) in [5, 5.41) is 10.2. The fourth-order valence-corrected chi connectivity index (χ4v) is 4.88. The van der Waals surface area contributed by atoms with Gasteiger partial charge in [-0.15, -0.1) is 0 Å². The molecule has 0 aromatic heterocycles. The maximum absolute atomic E-state index is 12.7. The molecule has 0 radical (unpaired) electrons. The third-order valence-corrected chi connectivity index (χ3v) is 6.81. The number of rotatable bonds is 7. The third kappa shape index (κ3) is 4.86. The van der Waals surface area contributed by atoms with E-state index in [-0.39, 0.29) is 25.8 Å². The van der Waals surface area contributed by atoms with Crippen LogP contribution in [0.2, 0.25) is 0 Å². The molecule has 9 heteroatoms. The van der Waals surface area contributed by atoms with Gasteiger partial charge in [0.25, 0.3) is 10.2 Å². The van der Waals surface area contributed by atoms with Gasteiger partial charge in [-0.05, 0) is 12.5 Å². The zero-order valence-corrected chi connectivity index (χ0v) is 16.5. The topological polar surface area (TPSA) is 91.3 Å². The lowest BCUT2D eigenvalue weighted by Crippen LogP contribution is -2.67. The SMILES string of the molecule is C[C@@H]1COC[C@@](CO)(CNS(=O)(=O)N2CCOCC2)N1Cc1ccccc1. The number of hydrogen-bond acceptors (Lipinski definition) is 6. The minimum atomic E-state index is -3.63. The molecule has 2 N–H and O–H groups in total. The minimum absolute atomic E-state index is 0.0546. The van der Waals surface area contributed by atoms with Crippen molar-refractivity contribution in [2.45, 2.75) is 25.0 Å². The van der Waals surface area contributed by atoms with Crippen molar-refractivity contribution < 1.29 is 23.0 Å². The second-order valence-electron chi connectivity index (χ2n) is 7.20. The molecule has 27 heavy (non-hydrogen) atoms. The van der Waals surface area contributed by atoms with Crippen LogP contribution >= 0.6 is 0 Å². The first-order chi connectivity index (χ1) is 13.0. The zero-order chi connectivity index (χ0) is 19.3. The molecule has 0 spiro atoms. The Morgan fingerprint density at radius 1 is 1.22 bits per heavy atom. The highest BCUT2D eigenvalue weighted by Gasteiger charge is 2.43. The van der Waals surface area contributed by atoms with Crippen LogP contribution in [-0.2, 0) is 26.2 Å². The van der Waals surface area contributed by atoms with Gasteiger partial charge in [-0.3, -0.25) is 4.90 Å². The lowest BCUT2D eigenvalue weighted by Gasteiger charge is -2.49. The fraction of sp³-hybridized carbons (Fsp3) is 0.667. The minimum Gasteiger partial charge on any atom is -0.394 e. The first kappa shape index (κ1) is 20.7. The van der Waals surface area contributed by atoms with Gasteiger partial charge in [-0.2, -0.15) is 12.7 Å². The van der Waals surface area contributed by atoms with Crippen LogP contribution in [0.5, 0.6) is 0 Å². The van der Waals surface area contributed by atoms with Gasteiger partial charge in [0, 0.05) is 32.2 Å². The molecule has 1 aromatic rings. The molecule has 152 valence electrons. The lowest BCUT2D eigenvalue weighted by atomic mass is 9.94. The molecule has 0 saturated carbocycles. The van der Waals surface area contributed by atoms with Crippen molar-refractivity contribution in [3.63, 3.8) is 0 Å². The molecule has 0 amide bonds. The predicted molar refractivity (Wildman–Crippen MR) is 101 cm³/mol. The maximum atomic E-state index is 12.7. The van der Waals surface area contributed by atoms with Crippen molar-refractivity contribution >= 4 is 10.2 Å². The highest BCUT2D eigenvalue weighted by Crippen LogP contribution is 2.26. The summed E-state index contributed by atoms with van der Waals surface area (Å²) in [6, 6.07) is 10.0. The van der Waals surface area contributed by atoms with Crippen LogP contribution in [0.3, 0.4) is 0 Å². The van der Waals surface area contributed by atoms with E-state index in [2.05, 4.69) is 9.62 Å². The van der Waals surface area contributed by atoms with Crippen molar-refractivity contribution in [1.82, 2.24) is 13.9 Å². The number of aliphatic hydroxyl groups excluding tert-OH is 1. The molecule has 1 aromatic carbocycles. The Bertz CT molecular complexity index is 696. The van der Waals surface area contributed by atoms with E-state index in [9.17, 15) is 13.5 Å². The van der Waals surface area contributed by atoms with Crippen molar-refractivity contribution in [1.29, 1.82) is 0 Å². The van der Waals surface area contributed by atoms with Crippen LogP contribution < -0.4 is 4.72 Å². The summed E-state index contributed by atoms with van der Waals surface area (Å²) < 4.78 is 40.3. The van der Waals surface area contributed by atoms with Crippen LogP contribution in [0.15, 0.2) is 30.3 Å². The Kier molecular flexibility index (Phi) is 6.85. The Hall–Kier alpha value is -1.07. The normalized spacial score (nSPS) is 28.3. The molecular weight excluding hydrogens is 370 g/mol. The Labute approximate surface area is 161 Å². The number of morpholine rings is 2. The van der Waals surface area contributed by atoms with Crippen LogP contribution in [-0.4, -0.2) is 87.0 Å². The van der Waals surface area contributed by atoms with E-state index < -0.39 is 15.7 Å². The summed E-state index contributed by atoms with van der Waals surface area (Å²) in [5.74, 6) is 0. The van der Waals surface area contributed by atoms with E-state index >= 15 is 0 Å². The molecular formula is C18H29N3O5S. The monoisotopic (exact) mass is 399 g/mol. The highest BCUT2D eigenvalue weighted by atomic mass is 32.2. The maximum Gasteiger partial charge on any atom is 0.279 e. The van der Waals surface area contributed by atoms with E-state index in [0.29, 0.717) is 39.5 Å². The number of aliphatic hydroxyl groups is 1. The third-order valence-electron chi connectivity index (χ3n) is 5.25. The molecule has 0 bridgehead atoms. The molecule has 2 heterocycles. The number of nitrogens with zero attached hydrogens (tertiary/aromatic N) is 2.